The van der Waals surface area contributed by atoms with E-state index in [0.717, 1.165) is 31.7 Å². The fourth-order valence-corrected chi connectivity index (χ4v) is 5.86. The summed E-state index contributed by atoms with van der Waals surface area (Å²) >= 11 is 1.48. The second-order valence-electron chi connectivity index (χ2n) is 8.92. The molecule has 0 amide bonds. The van der Waals surface area contributed by atoms with Crippen LogP contribution in [-0.4, -0.2) is 21.1 Å². The molecule has 37 heavy (non-hydrogen) atoms. The molecule has 0 bridgehead atoms. The summed E-state index contributed by atoms with van der Waals surface area (Å²) in [5.41, 5.74) is 4.11. The van der Waals surface area contributed by atoms with E-state index in [-0.39, 0.29) is 23.0 Å². The first-order chi connectivity index (χ1) is 18.1. The predicted molar refractivity (Wildman–Crippen MR) is 145 cm³/mol. The van der Waals surface area contributed by atoms with E-state index < -0.39 is 0 Å². The van der Waals surface area contributed by atoms with E-state index in [4.69, 9.17) is 4.98 Å². The molecule has 4 nitrogen and oxygen atoms in total. The number of thiazole rings is 1. The average molecular weight is 501 g/mol. The van der Waals surface area contributed by atoms with Gasteiger partial charge in [0.25, 0.3) is 0 Å². The molecular weight excluding hydrogens is 483 g/mol. The zero-order chi connectivity index (χ0) is 25.1. The molecule has 0 fully saturated rings. The minimum absolute atomic E-state index is 0.145. The van der Waals surface area contributed by atoms with E-state index >= 15 is 0 Å². The molecule has 0 atom stereocenters. The van der Waals surface area contributed by atoms with Crippen molar-refractivity contribution in [3.05, 3.63) is 125 Å². The van der Waals surface area contributed by atoms with Crippen LogP contribution in [0.4, 0.5) is 4.39 Å². The van der Waals surface area contributed by atoms with Crippen molar-refractivity contribution in [2.75, 3.05) is 0 Å². The summed E-state index contributed by atoms with van der Waals surface area (Å²) in [7, 11) is 0. The standard InChI is InChI=1S/C31H17FN2O2S/c32-21-12-10-18(11-13-21)31-33-30-27(37-31)17-23(34(30)22-8-2-1-3-9-22)16-26-28(35)24-14-19-6-4-5-7-20(19)15-25(24)29(26)36/h1-17H. The zero-order valence-corrected chi connectivity index (χ0v) is 20.1. The smallest absolute Gasteiger partial charge is 0.197 e. The SMILES string of the molecule is O=C1C(=Cc2cc3sc(-c4ccc(F)cc4)nc3n2-c2ccccc2)C(=O)c2cc3ccccc3cc21. The number of hydrogen-bond acceptors (Lipinski definition) is 4. The number of rotatable bonds is 3. The lowest BCUT2D eigenvalue weighted by Crippen LogP contribution is -2.03. The van der Waals surface area contributed by atoms with Crippen molar-refractivity contribution in [2.24, 2.45) is 0 Å². The number of carbonyl (C=O) groups excluding carboxylic acids is 2. The number of fused-ring (bicyclic) bond motifs is 3. The Morgan fingerprint density at radius 3 is 2.03 bits per heavy atom. The lowest BCUT2D eigenvalue weighted by Gasteiger charge is -2.07. The van der Waals surface area contributed by atoms with E-state index in [1.54, 1.807) is 30.3 Å². The van der Waals surface area contributed by atoms with Crippen LogP contribution in [0.3, 0.4) is 0 Å². The van der Waals surface area contributed by atoms with Crippen LogP contribution in [0.15, 0.2) is 103 Å². The molecule has 2 heterocycles. The average Bonchev–Trinajstić information content (AvgIpc) is 3.55. The third kappa shape index (κ3) is 3.45. The van der Waals surface area contributed by atoms with Crippen LogP contribution in [0, 0.1) is 5.82 Å². The van der Waals surface area contributed by atoms with Gasteiger partial charge in [-0.3, -0.25) is 14.2 Å². The van der Waals surface area contributed by atoms with Crippen molar-refractivity contribution >= 4 is 50.1 Å². The second-order valence-corrected chi connectivity index (χ2v) is 9.95. The quantitative estimate of drug-likeness (QED) is 0.187. The Labute approximate surface area is 214 Å². The molecule has 7 rings (SSSR count). The van der Waals surface area contributed by atoms with Crippen molar-refractivity contribution in [3.63, 3.8) is 0 Å². The summed E-state index contributed by atoms with van der Waals surface area (Å²) in [6.45, 7) is 0. The van der Waals surface area contributed by atoms with E-state index in [1.165, 1.54) is 23.5 Å². The molecule has 0 radical (unpaired) electrons. The third-order valence-electron chi connectivity index (χ3n) is 6.65. The molecule has 1 aliphatic rings. The van der Waals surface area contributed by atoms with Crippen LogP contribution >= 0.6 is 11.3 Å². The van der Waals surface area contributed by atoms with Crippen molar-refractivity contribution in [1.29, 1.82) is 0 Å². The molecular formula is C31H17FN2O2S. The number of halogens is 1. The van der Waals surface area contributed by atoms with Crippen molar-refractivity contribution < 1.29 is 14.0 Å². The molecule has 0 saturated heterocycles. The summed E-state index contributed by atoms with van der Waals surface area (Å²) in [5, 5.41) is 2.62. The number of nitrogens with zero attached hydrogens (tertiary/aromatic N) is 2. The van der Waals surface area contributed by atoms with E-state index in [0.29, 0.717) is 22.5 Å². The maximum absolute atomic E-state index is 13.4. The topological polar surface area (TPSA) is 52.0 Å². The number of benzene rings is 4. The van der Waals surface area contributed by atoms with Crippen LogP contribution in [0.2, 0.25) is 0 Å². The second kappa shape index (κ2) is 8.18. The van der Waals surface area contributed by atoms with Crippen LogP contribution in [0.1, 0.15) is 26.4 Å². The van der Waals surface area contributed by atoms with E-state index in [1.807, 2.05) is 65.2 Å². The highest BCUT2D eigenvalue weighted by atomic mass is 32.1. The van der Waals surface area contributed by atoms with Crippen LogP contribution in [0.5, 0.6) is 0 Å². The van der Waals surface area contributed by atoms with Gasteiger partial charge in [0.05, 0.1) is 16.0 Å². The maximum atomic E-state index is 13.4. The van der Waals surface area contributed by atoms with E-state index in [2.05, 4.69) is 0 Å². The summed E-state index contributed by atoms with van der Waals surface area (Å²) < 4.78 is 16.3. The molecule has 4 aromatic carbocycles. The fourth-order valence-electron chi connectivity index (χ4n) is 4.86. The highest BCUT2D eigenvalue weighted by molar-refractivity contribution is 7.21. The summed E-state index contributed by atoms with van der Waals surface area (Å²) in [4.78, 5) is 31.6. The first-order valence-corrected chi connectivity index (χ1v) is 12.6. The lowest BCUT2D eigenvalue weighted by atomic mass is 10.0. The van der Waals surface area contributed by atoms with E-state index in [9.17, 15) is 14.0 Å². The van der Waals surface area contributed by atoms with Gasteiger partial charge in [0, 0.05) is 22.4 Å². The minimum atomic E-state index is -0.299. The molecule has 0 saturated carbocycles. The van der Waals surface area contributed by atoms with Crippen LogP contribution in [0.25, 0.3) is 43.5 Å². The fraction of sp³-hybridized carbons (Fsp3) is 0. The van der Waals surface area contributed by atoms with Gasteiger partial charge < -0.3 is 0 Å². The summed E-state index contributed by atoms with van der Waals surface area (Å²) in [6.07, 6.45) is 1.67. The molecule has 1 aliphatic carbocycles. The van der Waals surface area contributed by atoms with Gasteiger partial charge in [0.15, 0.2) is 17.2 Å². The van der Waals surface area contributed by atoms with Gasteiger partial charge in [0.1, 0.15) is 10.8 Å². The number of carbonyl (C=O) groups is 2. The Morgan fingerprint density at radius 1 is 0.757 bits per heavy atom. The van der Waals surface area contributed by atoms with Gasteiger partial charge in [-0.25, -0.2) is 9.37 Å². The molecule has 0 unspecified atom stereocenters. The van der Waals surface area contributed by atoms with Crippen molar-refractivity contribution in [1.82, 2.24) is 9.55 Å². The number of hydrogen-bond donors (Lipinski definition) is 0. The monoisotopic (exact) mass is 500 g/mol. The summed E-state index contributed by atoms with van der Waals surface area (Å²) in [6, 6.07) is 29.2. The molecule has 0 spiro atoms. The minimum Gasteiger partial charge on any atom is -0.294 e. The first kappa shape index (κ1) is 21.6. The van der Waals surface area contributed by atoms with Gasteiger partial charge in [-0.05, 0) is 71.4 Å². The lowest BCUT2D eigenvalue weighted by molar-refractivity contribution is 0.0990. The number of ketones is 2. The Morgan fingerprint density at radius 2 is 1.38 bits per heavy atom. The molecule has 6 heteroatoms. The van der Waals surface area contributed by atoms with Crippen molar-refractivity contribution in [3.8, 4) is 16.3 Å². The number of Topliss-reactive ketones (excluding diaryl/α,β-unsaturated/α-hetero) is 2. The maximum Gasteiger partial charge on any atom is 0.197 e. The van der Waals surface area contributed by atoms with Gasteiger partial charge >= 0.3 is 0 Å². The number of allylic oxidation sites excluding steroid dienone is 1. The Bertz CT molecular complexity index is 1860. The highest BCUT2D eigenvalue weighted by Crippen LogP contribution is 2.37. The number of para-hydroxylation sites is 1. The van der Waals surface area contributed by atoms with Gasteiger partial charge in [-0.1, -0.05) is 42.5 Å². The largest absolute Gasteiger partial charge is 0.294 e. The Kier molecular flexibility index (Phi) is 4.77. The molecule has 0 N–H and O–H groups in total. The number of aromatic nitrogens is 2. The molecule has 6 aromatic rings. The molecule has 2 aromatic heterocycles. The third-order valence-corrected chi connectivity index (χ3v) is 7.69. The molecule has 176 valence electrons. The highest BCUT2D eigenvalue weighted by Gasteiger charge is 2.34. The van der Waals surface area contributed by atoms with Gasteiger partial charge in [-0.2, -0.15) is 0 Å². The van der Waals surface area contributed by atoms with Gasteiger partial charge in [-0.15, -0.1) is 11.3 Å². The predicted octanol–water partition coefficient (Wildman–Crippen LogP) is 7.51. The zero-order valence-electron chi connectivity index (χ0n) is 19.3. The van der Waals surface area contributed by atoms with Crippen molar-refractivity contribution in [2.45, 2.75) is 0 Å². The normalized spacial score (nSPS) is 13.1. The molecule has 0 aliphatic heterocycles. The van der Waals surface area contributed by atoms with Crippen LogP contribution < -0.4 is 0 Å². The van der Waals surface area contributed by atoms with Gasteiger partial charge in [0.2, 0.25) is 0 Å². The Balaban J connectivity index is 1.39. The summed E-state index contributed by atoms with van der Waals surface area (Å²) in [5.74, 6) is -0.836. The van der Waals surface area contributed by atoms with Crippen LogP contribution in [-0.2, 0) is 0 Å². The Hall–Kier alpha value is -4.68. The first-order valence-electron chi connectivity index (χ1n) is 11.7.